The zero-order valence-electron chi connectivity index (χ0n) is 17.2. The fraction of sp³-hybridized carbons (Fsp3) is 0.217. The lowest BCUT2D eigenvalue weighted by Crippen LogP contribution is -2.07. The normalized spacial score (nSPS) is 11.6. The summed E-state index contributed by atoms with van der Waals surface area (Å²) in [6.07, 6.45) is -1.64. The van der Waals surface area contributed by atoms with Gasteiger partial charge in [0.05, 0.1) is 13.2 Å². The number of nitrogens with zero attached hydrogens (tertiary/aromatic N) is 2. The summed E-state index contributed by atoms with van der Waals surface area (Å²) in [5, 5.41) is 9.83. The molecule has 0 amide bonds. The van der Waals surface area contributed by atoms with Crippen molar-refractivity contribution in [1.29, 1.82) is 0 Å². The van der Waals surface area contributed by atoms with Crippen molar-refractivity contribution in [2.24, 2.45) is 0 Å². The van der Waals surface area contributed by atoms with Gasteiger partial charge in [0.2, 0.25) is 5.89 Å². The zero-order chi connectivity index (χ0) is 23.4. The maximum atomic E-state index is 12.6. The highest BCUT2D eigenvalue weighted by Crippen LogP contribution is 2.31. The largest absolute Gasteiger partial charge is 0.493 e. The fourth-order valence-corrected chi connectivity index (χ4v) is 3.22. The second-order valence-electron chi connectivity index (χ2n) is 7.17. The van der Waals surface area contributed by atoms with Crippen LogP contribution in [0.5, 0.6) is 11.5 Å². The SMILES string of the molecule is O=C(O)Cn1ccc2cc(OCCCOc3ccc(-c4nc(C(F)(F)F)co4)cc3)ccc21. The van der Waals surface area contributed by atoms with Crippen LogP contribution in [0.25, 0.3) is 22.4 Å². The number of aliphatic carboxylic acids is 1. The van der Waals surface area contributed by atoms with Crippen molar-refractivity contribution in [2.45, 2.75) is 19.1 Å². The number of hydrogen-bond donors (Lipinski definition) is 1. The first-order valence-electron chi connectivity index (χ1n) is 9.99. The molecule has 7 nitrogen and oxygen atoms in total. The Bertz CT molecular complexity index is 1250. The highest BCUT2D eigenvalue weighted by molar-refractivity contribution is 5.83. The Hall–Kier alpha value is -3.95. The van der Waals surface area contributed by atoms with Gasteiger partial charge in [-0.15, -0.1) is 0 Å². The fourth-order valence-electron chi connectivity index (χ4n) is 3.22. The van der Waals surface area contributed by atoms with E-state index < -0.39 is 17.8 Å². The number of carboxylic acids is 1. The Morgan fingerprint density at radius 3 is 2.39 bits per heavy atom. The predicted octanol–water partition coefficient (Wildman–Crippen LogP) is 5.25. The number of ether oxygens (including phenoxy) is 2. The van der Waals surface area contributed by atoms with Crippen LogP contribution >= 0.6 is 0 Å². The van der Waals surface area contributed by atoms with E-state index in [1.165, 1.54) is 0 Å². The highest BCUT2D eigenvalue weighted by Gasteiger charge is 2.34. The lowest BCUT2D eigenvalue weighted by Gasteiger charge is -2.09. The lowest BCUT2D eigenvalue weighted by molar-refractivity contribution is -0.141. The summed E-state index contributed by atoms with van der Waals surface area (Å²) in [5.41, 5.74) is 0.152. The minimum Gasteiger partial charge on any atom is -0.493 e. The van der Waals surface area contributed by atoms with E-state index in [9.17, 15) is 18.0 Å². The van der Waals surface area contributed by atoms with Gasteiger partial charge in [-0.1, -0.05) is 0 Å². The molecule has 1 N–H and O–H groups in total. The van der Waals surface area contributed by atoms with Crippen LogP contribution in [0.2, 0.25) is 0 Å². The molecule has 4 rings (SSSR count). The van der Waals surface area contributed by atoms with E-state index in [0.717, 1.165) is 10.9 Å². The lowest BCUT2D eigenvalue weighted by atomic mass is 10.2. The van der Waals surface area contributed by atoms with Crippen molar-refractivity contribution in [3.05, 3.63) is 66.7 Å². The molecule has 0 fully saturated rings. The van der Waals surface area contributed by atoms with Gasteiger partial charge in [-0.05, 0) is 48.5 Å². The van der Waals surface area contributed by atoms with Gasteiger partial charge in [0.25, 0.3) is 0 Å². The summed E-state index contributed by atoms with van der Waals surface area (Å²) in [4.78, 5) is 14.3. The van der Waals surface area contributed by atoms with Crippen LogP contribution in [-0.2, 0) is 17.5 Å². The zero-order valence-corrected chi connectivity index (χ0v) is 17.2. The average molecular weight is 460 g/mol. The standard InChI is InChI=1S/C23H19F3N2O5/c24-23(25,26)20-14-33-22(27-20)15-2-4-17(5-3-15)31-10-1-11-32-18-6-7-19-16(12-18)8-9-28(19)13-21(29)30/h2-9,12,14H,1,10-11,13H2,(H,29,30). The third-order valence-corrected chi connectivity index (χ3v) is 4.77. The monoisotopic (exact) mass is 460 g/mol. The predicted molar refractivity (Wildman–Crippen MR) is 112 cm³/mol. The van der Waals surface area contributed by atoms with Gasteiger partial charge in [-0.3, -0.25) is 4.79 Å². The topological polar surface area (TPSA) is 86.7 Å². The molecule has 0 radical (unpaired) electrons. The van der Waals surface area contributed by atoms with Gasteiger partial charge < -0.3 is 23.6 Å². The molecule has 0 aliphatic rings. The van der Waals surface area contributed by atoms with Gasteiger partial charge in [0, 0.05) is 29.1 Å². The summed E-state index contributed by atoms with van der Waals surface area (Å²) in [6.45, 7) is 0.693. The third kappa shape index (κ3) is 5.46. The first kappa shape index (κ1) is 22.3. The number of carbonyl (C=O) groups is 1. The third-order valence-electron chi connectivity index (χ3n) is 4.77. The molecule has 0 bridgehead atoms. The maximum Gasteiger partial charge on any atom is 0.436 e. The first-order chi connectivity index (χ1) is 15.8. The molecule has 0 spiro atoms. The Morgan fingerprint density at radius 1 is 1.03 bits per heavy atom. The van der Waals surface area contributed by atoms with Crippen LogP contribution in [-0.4, -0.2) is 33.8 Å². The van der Waals surface area contributed by atoms with Gasteiger partial charge in [0.15, 0.2) is 5.69 Å². The maximum absolute atomic E-state index is 12.6. The molecule has 172 valence electrons. The van der Waals surface area contributed by atoms with Crippen molar-refractivity contribution in [2.75, 3.05) is 13.2 Å². The second kappa shape index (κ2) is 9.27. The van der Waals surface area contributed by atoms with Crippen LogP contribution in [0, 0.1) is 0 Å². The summed E-state index contributed by atoms with van der Waals surface area (Å²) in [5.74, 6) is 0.208. The van der Waals surface area contributed by atoms with E-state index in [-0.39, 0.29) is 12.4 Å². The molecular weight excluding hydrogens is 441 g/mol. The Morgan fingerprint density at radius 2 is 1.73 bits per heavy atom. The number of carboxylic acid groups (broad SMARTS) is 1. The minimum atomic E-state index is -4.55. The average Bonchev–Trinajstić information content (AvgIpc) is 3.41. The molecular formula is C23H19F3N2O5. The molecule has 2 heterocycles. The van der Waals surface area contributed by atoms with Crippen molar-refractivity contribution in [3.8, 4) is 23.0 Å². The quantitative estimate of drug-likeness (QED) is 0.344. The molecule has 10 heteroatoms. The van der Waals surface area contributed by atoms with E-state index in [1.54, 1.807) is 41.1 Å². The number of aromatic nitrogens is 2. The second-order valence-corrected chi connectivity index (χ2v) is 7.17. The number of rotatable bonds is 9. The molecule has 33 heavy (non-hydrogen) atoms. The summed E-state index contributed by atoms with van der Waals surface area (Å²) < 4.78 is 55.8. The van der Waals surface area contributed by atoms with Gasteiger partial charge in [0.1, 0.15) is 24.3 Å². The van der Waals surface area contributed by atoms with Crippen molar-refractivity contribution < 1.29 is 37.0 Å². The van der Waals surface area contributed by atoms with E-state index in [0.29, 0.717) is 43.0 Å². The van der Waals surface area contributed by atoms with E-state index >= 15 is 0 Å². The van der Waals surface area contributed by atoms with Crippen LogP contribution < -0.4 is 9.47 Å². The van der Waals surface area contributed by atoms with E-state index in [2.05, 4.69) is 4.98 Å². The number of oxazole rings is 1. The van der Waals surface area contributed by atoms with E-state index in [1.807, 2.05) is 18.2 Å². The van der Waals surface area contributed by atoms with Gasteiger partial charge in [-0.2, -0.15) is 13.2 Å². The number of hydrogen-bond acceptors (Lipinski definition) is 5. The van der Waals surface area contributed by atoms with Crippen molar-refractivity contribution in [1.82, 2.24) is 9.55 Å². The molecule has 0 aliphatic heterocycles. The number of fused-ring (bicyclic) bond motifs is 1. The summed E-state index contributed by atoms with van der Waals surface area (Å²) >= 11 is 0. The van der Waals surface area contributed by atoms with E-state index in [4.69, 9.17) is 19.0 Å². The molecule has 2 aromatic heterocycles. The first-order valence-corrected chi connectivity index (χ1v) is 9.99. The van der Waals surface area contributed by atoms with Crippen LogP contribution in [0.3, 0.4) is 0 Å². The Balaban J connectivity index is 1.24. The van der Waals surface area contributed by atoms with Gasteiger partial charge >= 0.3 is 12.1 Å². The van der Waals surface area contributed by atoms with Crippen molar-refractivity contribution >= 4 is 16.9 Å². The van der Waals surface area contributed by atoms with Crippen molar-refractivity contribution in [3.63, 3.8) is 0 Å². The Labute approximate surface area is 186 Å². The summed E-state index contributed by atoms with van der Waals surface area (Å²) in [6, 6.07) is 13.7. The molecule has 4 aromatic rings. The number of benzene rings is 2. The summed E-state index contributed by atoms with van der Waals surface area (Å²) in [7, 11) is 0. The number of alkyl halides is 3. The Kier molecular flexibility index (Phi) is 6.25. The van der Waals surface area contributed by atoms with Crippen LogP contribution in [0.1, 0.15) is 12.1 Å². The smallest absolute Gasteiger partial charge is 0.436 e. The molecule has 2 aromatic carbocycles. The molecule has 0 saturated heterocycles. The van der Waals surface area contributed by atoms with Crippen LogP contribution in [0.4, 0.5) is 13.2 Å². The molecule has 0 unspecified atom stereocenters. The molecule has 0 saturated carbocycles. The molecule has 0 aliphatic carbocycles. The number of halogens is 3. The van der Waals surface area contributed by atoms with Gasteiger partial charge in [-0.25, -0.2) is 4.98 Å². The van der Waals surface area contributed by atoms with Crippen LogP contribution in [0.15, 0.2) is 65.4 Å². The molecule has 0 atom stereocenters. The minimum absolute atomic E-state index is 0.103. The highest BCUT2D eigenvalue weighted by atomic mass is 19.4.